The molecule has 1 saturated heterocycles. The van der Waals surface area contributed by atoms with Gasteiger partial charge < -0.3 is 14.6 Å². The Kier molecular flexibility index (Phi) is 6.24. The van der Waals surface area contributed by atoms with Crippen molar-refractivity contribution >= 4 is 23.2 Å². The Hall–Kier alpha value is -2.67. The minimum absolute atomic E-state index is 0.219. The molecular weight excluding hydrogens is 390 g/mol. The number of morpholine rings is 1. The highest BCUT2D eigenvalue weighted by Gasteiger charge is 2.14. The first-order chi connectivity index (χ1) is 14.2. The molecule has 0 radical (unpaired) electrons. The lowest BCUT2D eigenvalue weighted by molar-refractivity contribution is 0.0384. The number of rotatable bonds is 6. The van der Waals surface area contributed by atoms with Gasteiger partial charge in [0, 0.05) is 42.0 Å². The van der Waals surface area contributed by atoms with Crippen LogP contribution in [0, 0.1) is 0 Å². The maximum Gasteiger partial charge on any atom is 0.277 e. The molecule has 29 heavy (non-hydrogen) atoms. The van der Waals surface area contributed by atoms with Crippen LogP contribution >= 0.6 is 11.6 Å². The third kappa shape index (κ3) is 5.23. The second kappa shape index (κ2) is 9.22. The zero-order valence-electron chi connectivity index (χ0n) is 15.9. The molecular formula is C22H22ClN3O3. The zero-order chi connectivity index (χ0) is 20.1. The predicted molar refractivity (Wildman–Crippen MR) is 112 cm³/mol. The highest BCUT2D eigenvalue weighted by Crippen LogP contribution is 2.23. The van der Waals surface area contributed by atoms with Crippen molar-refractivity contribution in [2.75, 3.05) is 38.2 Å². The van der Waals surface area contributed by atoms with E-state index in [9.17, 15) is 4.79 Å². The molecule has 6 nitrogen and oxygen atoms in total. The molecule has 150 valence electrons. The first-order valence-corrected chi connectivity index (χ1v) is 9.98. The molecule has 0 bridgehead atoms. The number of ether oxygens (including phenoxy) is 1. The van der Waals surface area contributed by atoms with Crippen LogP contribution in [0.5, 0.6) is 0 Å². The van der Waals surface area contributed by atoms with Gasteiger partial charge in [-0.05, 0) is 36.2 Å². The molecule has 4 rings (SSSR count). The standard InChI is InChI=1S/C22H22ClN3O3/c23-18-3-1-2-17(14-18)21-15-20(25-29-21)22(27)24-19-6-4-16(5-7-19)8-9-26-10-12-28-13-11-26/h1-7,14-15H,8-13H2,(H,24,27). The number of benzene rings is 2. The van der Waals surface area contributed by atoms with Gasteiger partial charge >= 0.3 is 0 Å². The van der Waals surface area contributed by atoms with Gasteiger partial charge in [-0.25, -0.2) is 0 Å². The van der Waals surface area contributed by atoms with Crippen LogP contribution in [0.4, 0.5) is 5.69 Å². The average Bonchev–Trinajstić information content (AvgIpc) is 3.25. The third-order valence-corrected chi connectivity index (χ3v) is 5.12. The lowest BCUT2D eigenvalue weighted by Gasteiger charge is -2.26. The molecule has 7 heteroatoms. The highest BCUT2D eigenvalue weighted by atomic mass is 35.5. The number of carbonyl (C=O) groups excluding carboxylic acids is 1. The quantitative estimate of drug-likeness (QED) is 0.660. The summed E-state index contributed by atoms with van der Waals surface area (Å²) in [5, 5.41) is 7.32. The van der Waals surface area contributed by atoms with E-state index >= 15 is 0 Å². The molecule has 1 aliphatic heterocycles. The summed E-state index contributed by atoms with van der Waals surface area (Å²) >= 11 is 6.00. The van der Waals surface area contributed by atoms with Crippen molar-refractivity contribution in [1.29, 1.82) is 0 Å². The summed E-state index contributed by atoms with van der Waals surface area (Å²) in [5.41, 5.74) is 2.95. The molecule has 2 aromatic carbocycles. The van der Waals surface area contributed by atoms with E-state index in [1.165, 1.54) is 5.56 Å². The van der Waals surface area contributed by atoms with E-state index in [0.29, 0.717) is 10.8 Å². The number of hydrogen-bond acceptors (Lipinski definition) is 5. The molecule has 0 atom stereocenters. The maximum atomic E-state index is 12.5. The van der Waals surface area contributed by atoms with Crippen molar-refractivity contribution < 1.29 is 14.1 Å². The first-order valence-electron chi connectivity index (χ1n) is 9.60. The molecule has 2 heterocycles. The van der Waals surface area contributed by atoms with Gasteiger partial charge in [-0.3, -0.25) is 9.69 Å². The van der Waals surface area contributed by atoms with Gasteiger partial charge in [0.15, 0.2) is 11.5 Å². The number of halogens is 1. The smallest absolute Gasteiger partial charge is 0.277 e. The Morgan fingerprint density at radius 1 is 1.10 bits per heavy atom. The SMILES string of the molecule is O=C(Nc1ccc(CCN2CCOCC2)cc1)c1cc(-c2cccc(Cl)c2)on1. The zero-order valence-corrected chi connectivity index (χ0v) is 16.7. The predicted octanol–water partition coefficient (Wildman–Crippen LogP) is 4.12. The largest absolute Gasteiger partial charge is 0.379 e. The fourth-order valence-corrected chi connectivity index (χ4v) is 3.41. The fraction of sp³-hybridized carbons (Fsp3) is 0.273. The summed E-state index contributed by atoms with van der Waals surface area (Å²) in [6, 6.07) is 16.7. The van der Waals surface area contributed by atoms with E-state index < -0.39 is 0 Å². The van der Waals surface area contributed by atoms with Crippen molar-refractivity contribution in [3.8, 4) is 11.3 Å². The molecule has 3 aromatic rings. The van der Waals surface area contributed by atoms with Crippen LogP contribution in [0.25, 0.3) is 11.3 Å². The number of aromatic nitrogens is 1. The van der Waals surface area contributed by atoms with Gasteiger partial charge in [0.25, 0.3) is 5.91 Å². The summed E-state index contributed by atoms with van der Waals surface area (Å²) in [6.07, 6.45) is 0.973. The monoisotopic (exact) mass is 411 g/mol. The van der Waals surface area contributed by atoms with Crippen LogP contribution in [-0.4, -0.2) is 48.8 Å². The number of nitrogens with zero attached hydrogens (tertiary/aromatic N) is 2. The minimum Gasteiger partial charge on any atom is -0.379 e. The molecule has 1 amide bonds. The lowest BCUT2D eigenvalue weighted by Crippen LogP contribution is -2.37. The maximum absolute atomic E-state index is 12.5. The van der Waals surface area contributed by atoms with Gasteiger partial charge in [0.05, 0.1) is 13.2 Å². The Balaban J connectivity index is 1.33. The lowest BCUT2D eigenvalue weighted by atomic mass is 10.1. The summed E-state index contributed by atoms with van der Waals surface area (Å²) < 4.78 is 10.7. The van der Waals surface area contributed by atoms with E-state index in [0.717, 1.165) is 50.5 Å². The Morgan fingerprint density at radius 2 is 1.90 bits per heavy atom. The molecule has 1 aromatic heterocycles. The van der Waals surface area contributed by atoms with E-state index in [1.54, 1.807) is 18.2 Å². The average molecular weight is 412 g/mol. The number of anilines is 1. The normalized spacial score (nSPS) is 14.7. The number of hydrogen-bond donors (Lipinski definition) is 1. The van der Waals surface area contributed by atoms with E-state index in [-0.39, 0.29) is 11.6 Å². The minimum atomic E-state index is -0.317. The molecule has 1 N–H and O–H groups in total. The van der Waals surface area contributed by atoms with Crippen LogP contribution in [-0.2, 0) is 11.2 Å². The van der Waals surface area contributed by atoms with Crippen molar-refractivity contribution in [3.05, 3.63) is 70.9 Å². The van der Waals surface area contributed by atoms with Gasteiger partial charge in [0.1, 0.15) is 0 Å². The molecule has 0 spiro atoms. The van der Waals surface area contributed by atoms with Gasteiger partial charge in [-0.15, -0.1) is 0 Å². The van der Waals surface area contributed by atoms with Crippen LogP contribution in [0.1, 0.15) is 16.1 Å². The number of carbonyl (C=O) groups is 1. The van der Waals surface area contributed by atoms with Crippen LogP contribution in [0.2, 0.25) is 5.02 Å². The first kappa shape index (κ1) is 19.6. The molecule has 1 fully saturated rings. The van der Waals surface area contributed by atoms with Crippen molar-refractivity contribution in [2.45, 2.75) is 6.42 Å². The van der Waals surface area contributed by atoms with Crippen molar-refractivity contribution in [1.82, 2.24) is 10.1 Å². The summed E-state index contributed by atoms with van der Waals surface area (Å²) in [4.78, 5) is 14.9. The van der Waals surface area contributed by atoms with Crippen molar-refractivity contribution in [2.24, 2.45) is 0 Å². The highest BCUT2D eigenvalue weighted by molar-refractivity contribution is 6.30. The van der Waals surface area contributed by atoms with Gasteiger partial charge in [0.2, 0.25) is 0 Å². The Morgan fingerprint density at radius 3 is 2.66 bits per heavy atom. The summed E-state index contributed by atoms with van der Waals surface area (Å²) in [6.45, 7) is 4.62. The van der Waals surface area contributed by atoms with Gasteiger partial charge in [-0.1, -0.05) is 41.0 Å². The molecule has 1 aliphatic rings. The Labute approximate surface area is 174 Å². The topological polar surface area (TPSA) is 67.6 Å². The number of nitrogens with one attached hydrogen (secondary N) is 1. The van der Waals surface area contributed by atoms with Crippen LogP contribution in [0.15, 0.2) is 59.1 Å². The second-order valence-electron chi connectivity index (χ2n) is 6.94. The Bertz CT molecular complexity index is 965. The van der Waals surface area contributed by atoms with Gasteiger partial charge in [-0.2, -0.15) is 0 Å². The van der Waals surface area contributed by atoms with Crippen LogP contribution < -0.4 is 5.32 Å². The fourth-order valence-electron chi connectivity index (χ4n) is 3.22. The van der Waals surface area contributed by atoms with E-state index in [1.807, 2.05) is 36.4 Å². The number of amides is 1. The molecule has 0 saturated carbocycles. The van der Waals surface area contributed by atoms with Crippen molar-refractivity contribution in [3.63, 3.8) is 0 Å². The third-order valence-electron chi connectivity index (χ3n) is 4.88. The van der Waals surface area contributed by atoms with E-state index in [2.05, 4.69) is 15.4 Å². The molecule has 0 unspecified atom stereocenters. The molecule has 0 aliphatic carbocycles. The summed E-state index contributed by atoms with van der Waals surface area (Å²) in [7, 11) is 0. The van der Waals surface area contributed by atoms with E-state index in [4.69, 9.17) is 20.9 Å². The second-order valence-corrected chi connectivity index (χ2v) is 7.38. The van der Waals surface area contributed by atoms with Crippen LogP contribution in [0.3, 0.4) is 0 Å². The summed E-state index contributed by atoms with van der Waals surface area (Å²) in [5.74, 6) is 0.180.